The van der Waals surface area contributed by atoms with Crippen molar-refractivity contribution in [2.45, 2.75) is 63.6 Å². The topological polar surface area (TPSA) is 49.6 Å². The van der Waals surface area contributed by atoms with Crippen LogP contribution < -0.4 is 5.73 Å². The Hall–Kier alpha value is -0.610. The number of carbonyl (C=O) groups is 1. The molecule has 0 aromatic carbocycles. The largest absolute Gasteiger partial charge is 0.332 e. The second-order valence-corrected chi connectivity index (χ2v) is 6.47. The second-order valence-electron chi connectivity index (χ2n) is 6.47. The van der Waals surface area contributed by atoms with Crippen molar-refractivity contribution >= 4 is 5.91 Å². The van der Waals surface area contributed by atoms with Crippen molar-refractivity contribution in [3.63, 3.8) is 0 Å². The molecule has 0 radical (unpaired) electrons. The molecule has 1 aliphatic carbocycles. The normalized spacial score (nSPS) is 30.1. The molecule has 4 heteroatoms. The van der Waals surface area contributed by atoms with E-state index in [4.69, 9.17) is 5.73 Å². The molecule has 0 aromatic rings. The molecular formula is C14H27N3O. The van der Waals surface area contributed by atoms with Gasteiger partial charge in [0.1, 0.15) is 0 Å². The summed E-state index contributed by atoms with van der Waals surface area (Å²) in [5.41, 5.74) is 5.60. The highest BCUT2D eigenvalue weighted by atomic mass is 16.2. The minimum Gasteiger partial charge on any atom is -0.332 e. The number of rotatable bonds is 3. The van der Waals surface area contributed by atoms with Gasteiger partial charge in [-0.3, -0.25) is 9.69 Å². The van der Waals surface area contributed by atoms with Gasteiger partial charge in [0.2, 0.25) is 5.91 Å². The first-order chi connectivity index (χ1) is 8.47. The Kier molecular flexibility index (Phi) is 3.97. The van der Waals surface area contributed by atoms with Crippen molar-refractivity contribution in [3.05, 3.63) is 0 Å². The Morgan fingerprint density at radius 1 is 1.33 bits per heavy atom. The summed E-state index contributed by atoms with van der Waals surface area (Å²) in [5.74, 6) is 0.297. The van der Waals surface area contributed by atoms with Gasteiger partial charge in [-0.15, -0.1) is 0 Å². The smallest absolute Gasteiger partial charge is 0.240 e. The molecule has 1 unspecified atom stereocenters. The Bertz CT molecular complexity index is 310. The van der Waals surface area contributed by atoms with Gasteiger partial charge in [0.05, 0.1) is 11.6 Å². The summed E-state index contributed by atoms with van der Waals surface area (Å²) in [5, 5.41) is 0. The number of piperazine rings is 1. The summed E-state index contributed by atoms with van der Waals surface area (Å²) in [6.07, 6.45) is 5.65. The van der Waals surface area contributed by atoms with Crippen LogP contribution in [0.3, 0.4) is 0 Å². The fraction of sp³-hybridized carbons (Fsp3) is 0.929. The van der Waals surface area contributed by atoms with E-state index in [0.29, 0.717) is 18.5 Å². The van der Waals surface area contributed by atoms with Crippen molar-refractivity contribution in [1.82, 2.24) is 9.80 Å². The summed E-state index contributed by atoms with van der Waals surface area (Å²) in [6.45, 7) is 5.91. The van der Waals surface area contributed by atoms with E-state index in [0.717, 1.165) is 13.0 Å². The standard InChI is InChI=1S/C14H27N3O/c1-14(2)10-16(3)12(8-9-15)13(18)17(14)11-6-4-5-7-11/h11-12H,4-10,15H2,1-3H3. The molecule has 0 bridgehead atoms. The van der Waals surface area contributed by atoms with Crippen molar-refractivity contribution in [2.24, 2.45) is 5.73 Å². The molecular weight excluding hydrogens is 226 g/mol. The number of amides is 1. The zero-order valence-corrected chi connectivity index (χ0v) is 12.0. The van der Waals surface area contributed by atoms with Gasteiger partial charge in [-0.25, -0.2) is 0 Å². The van der Waals surface area contributed by atoms with Gasteiger partial charge in [-0.05, 0) is 46.7 Å². The second kappa shape index (κ2) is 5.17. The average molecular weight is 253 g/mol. The monoisotopic (exact) mass is 253 g/mol. The summed E-state index contributed by atoms with van der Waals surface area (Å²) in [7, 11) is 2.05. The zero-order chi connectivity index (χ0) is 13.3. The van der Waals surface area contributed by atoms with Gasteiger partial charge in [0.25, 0.3) is 0 Å². The van der Waals surface area contributed by atoms with Crippen molar-refractivity contribution < 1.29 is 4.79 Å². The maximum atomic E-state index is 12.8. The molecule has 0 spiro atoms. The molecule has 2 fully saturated rings. The maximum absolute atomic E-state index is 12.8. The van der Waals surface area contributed by atoms with Crippen LogP contribution in [-0.2, 0) is 4.79 Å². The predicted molar refractivity (Wildman–Crippen MR) is 73.3 cm³/mol. The van der Waals surface area contributed by atoms with E-state index in [2.05, 4.69) is 23.6 Å². The van der Waals surface area contributed by atoms with Gasteiger partial charge >= 0.3 is 0 Å². The van der Waals surface area contributed by atoms with Crippen LogP contribution in [0.1, 0.15) is 46.0 Å². The first kappa shape index (κ1) is 13.8. The van der Waals surface area contributed by atoms with Crippen molar-refractivity contribution in [1.29, 1.82) is 0 Å². The Balaban J connectivity index is 2.20. The van der Waals surface area contributed by atoms with Crippen LogP contribution in [-0.4, -0.2) is 53.5 Å². The van der Waals surface area contributed by atoms with Crippen LogP contribution in [0.5, 0.6) is 0 Å². The Labute approximate surface area is 110 Å². The first-order valence-corrected chi connectivity index (χ1v) is 7.21. The fourth-order valence-electron chi connectivity index (χ4n) is 3.78. The van der Waals surface area contributed by atoms with Gasteiger partial charge in [0.15, 0.2) is 0 Å². The van der Waals surface area contributed by atoms with E-state index in [1.807, 2.05) is 7.05 Å². The maximum Gasteiger partial charge on any atom is 0.240 e. The molecule has 2 rings (SSSR count). The third-order valence-corrected chi connectivity index (χ3v) is 4.47. The van der Waals surface area contributed by atoms with Gasteiger partial charge < -0.3 is 10.6 Å². The summed E-state index contributed by atoms with van der Waals surface area (Å²) in [6, 6.07) is 0.449. The number of likely N-dealkylation sites (N-methyl/N-ethyl adjacent to an activating group) is 1. The van der Waals surface area contributed by atoms with Gasteiger partial charge in [-0.2, -0.15) is 0 Å². The lowest BCUT2D eigenvalue weighted by Crippen LogP contribution is -2.67. The molecule has 104 valence electrons. The lowest BCUT2D eigenvalue weighted by Gasteiger charge is -2.52. The quantitative estimate of drug-likeness (QED) is 0.822. The Morgan fingerprint density at radius 3 is 2.50 bits per heavy atom. The van der Waals surface area contributed by atoms with E-state index in [1.54, 1.807) is 0 Å². The molecule has 4 nitrogen and oxygen atoms in total. The molecule has 1 amide bonds. The van der Waals surface area contributed by atoms with Gasteiger partial charge in [0, 0.05) is 12.6 Å². The highest BCUT2D eigenvalue weighted by Gasteiger charge is 2.46. The molecule has 18 heavy (non-hydrogen) atoms. The lowest BCUT2D eigenvalue weighted by molar-refractivity contribution is -0.154. The van der Waals surface area contributed by atoms with Crippen molar-refractivity contribution in [2.75, 3.05) is 20.1 Å². The molecule has 1 aliphatic heterocycles. The van der Waals surface area contributed by atoms with E-state index >= 15 is 0 Å². The van der Waals surface area contributed by atoms with Crippen LogP contribution in [0.2, 0.25) is 0 Å². The molecule has 1 atom stereocenters. The summed E-state index contributed by atoms with van der Waals surface area (Å²) < 4.78 is 0. The number of hydrogen-bond acceptors (Lipinski definition) is 3. The number of carbonyl (C=O) groups excluding carboxylic acids is 1. The third-order valence-electron chi connectivity index (χ3n) is 4.47. The molecule has 0 aromatic heterocycles. The number of nitrogens with zero attached hydrogens (tertiary/aromatic N) is 2. The SMILES string of the molecule is CN1CC(C)(C)N(C2CCCC2)C(=O)C1CCN. The zero-order valence-electron chi connectivity index (χ0n) is 12.0. The highest BCUT2D eigenvalue weighted by molar-refractivity contribution is 5.84. The minimum atomic E-state index is -0.0497. The Morgan fingerprint density at radius 2 is 1.94 bits per heavy atom. The molecule has 2 N–H and O–H groups in total. The van der Waals surface area contributed by atoms with E-state index in [1.165, 1.54) is 25.7 Å². The number of nitrogens with two attached hydrogens (primary N) is 1. The van der Waals surface area contributed by atoms with Crippen LogP contribution in [0.25, 0.3) is 0 Å². The van der Waals surface area contributed by atoms with E-state index in [-0.39, 0.29) is 11.6 Å². The average Bonchev–Trinajstić information content (AvgIpc) is 2.76. The first-order valence-electron chi connectivity index (χ1n) is 7.21. The van der Waals surface area contributed by atoms with E-state index < -0.39 is 0 Å². The summed E-state index contributed by atoms with van der Waals surface area (Å²) in [4.78, 5) is 17.1. The van der Waals surface area contributed by atoms with Gasteiger partial charge in [-0.1, -0.05) is 12.8 Å². The van der Waals surface area contributed by atoms with Crippen LogP contribution in [0, 0.1) is 0 Å². The fourth-order valence-corrected chi connectivity index (χ4v) is 3.78. The lowest BCUT2D eigenvalue weighted by atomic mass is 9.91. The van der Waals surface area contributed by atoms with Crippen LogP contribution in [0.4, 0.5) is 0 Å². The van der Waals surface area contributed by atoms with Crippen molar-refractivity contribution in [3.8, 4) is 0 Å². The van der Waals surface area contributed by atoms with Crippen LogP contribution in [0.15, 0.2) is 0 Å². The molecule has 1 saturated heterocycles. The molecule has 2 aliphatic rings. The molecule has 1 heterocycles. The third kappa shape index (κ3) is 2.41. The predicted octanol–water partition coefficient (Wildman–Crippen LogP) is 1.20. The minimum absolute atomic E-state index is 0.0105. The number of hydrogen-bond donors (Lipinski definition) is 1. The molecule has 1 saturated carbocycles. The highest BCUT2D eigenvalue weighted by Crippen LogP contribution is 2.34. The van der Waals surface area contributed by atoms with E-state index in [9.17, 15) is 4.79 Å². The summed E-state index contributed by atoms with van der Waals surface area (Å²) >= 11 is 0. The van der Waals surface area contributed by atoms with Crippen LogP contribution >= 0.6 is 0 Å².